The SMILES string of the molecule is COc1ccc2nc(N)n(C(C)CCC(C)C)c2n1. The van der Waals surface area contributed by atoms with Crippen molar-refractivity contribution in [2.45, 2.75) is 39.7 Å². The molecule has 5 nitrogen and oxygen atoms in total. The van der Waals surface area contributed by atoms with Crippen LogP contribution in [0.2, 0.25) is 0 Å². The number of nitrogen functional groups attached to an aromatic ring is 1. The monoisotopic (exact) mass is 262 g/mol. The zero-order chi connectivity index (χ0) is 14.0. The zero-order valence-corrected chi connectivity index (χ0v) is 12.1. The molecule has 1 atom stereocenters. The summed E-state index contributed by atoms with van der Waals surface area (Å²) in [5.74, 6) is 1.79. The van der Waals surface area contributed by atoms with Crippen LogP contribution < -0.4 is 10.5 Å². The van der Waals surface area contributed by atoms with E-state index < -0.39 is 0 Å². The highest BCUT2D eigenvalue weighted by atomic mass is 16.5. The number of nitrogens with two attached hydrogens (primary N) is 1. The molecule has 0 amide bonds. The third kappa shape index (κ3) is 2.80. The molecule has 0 spiro atoms. The van der Waals surface area contributed by atoms with Crippen LogP contribution in [0.15, 0.2) is 12.1 Å². The van der Waals surface area contributed by atoms with Crippen molar-refractivity contribution in [3.63, 3.8) is 0 Å². The van der Waals surface area contributed by atoms with Crippen molar-refractivity contribution in [1.82, 2.24) is 14.5 Å². The molecule has 0 aliphatic carbocycles. The van der Waals surface area contributed by atoms with E-state index in [0.717, 1.165) is 24.0 Å². The minimum atomic E-state index is 0.284. The Hall–Kier alpha value is -1.78. The summed E-state index contributed by atoms with van der Waals surface area (Å²) < 4.78 is 7.17. The van der Waals surface area contributed by atoms with Crippen molar-refractivity contribution in [1.29, 1.82) is 0 Å². The highest BCUT2D eigenvalue weighted by Gasteiger charge is 2.16. The Balaban J connectivity index is 2.37. The van der Waals surface area contributed by atoms with Gasteiger partial charge in [-0.05, 0) is 31.7 Å². The van der Waals surface area contributed by atoms with Crippen LogP contribution in [0.5, 0.6) is 5.88 Å². The lowest BCUT2D eigenvalue weighted by atomic mass is 10.0. The first kappa shape index (κ1) is 13.6. The van der Waals surface area contributed by atoms with Crippen LogP contribution in [0.1, 0.15) is 39.7 Å². The van der Waals surface area contributed by atoms with Crippen LogP contribution in [0, 0.1) is 5.92 Å². The van der Waals surface area contributed by atoms with E-state index in [9.17, 15) is 0 Å². The van der Waals surface area contributed by atoms with Gasteiger partial charge in [0.2, 0.25) is 11.8 Å². The first-order valence-electron chi connectivity index (χ1n) is 6.71. The molecule has 0 aliphatic rings. The van der Waals surface area contributed by atoms with Crippen LogP contribution in [0.4, 0.5) is 5.95 Å². The first-order chi connectivity index (χ1) is 9.02. The lowest BCUT2D eigenvalue weighted by Crippen LogP contribution is -2.10. The van der Waals surface area contributed by atoms with Gasteiger partial charge >= 0.3 is 0 Å². The molecule has 2 N–H and O–H groups in total. The molecule has 0 fully saturated rings. The van der Waals surface area contributed by atoms with E-state index in [-0.39, 0.29) is 6.04 Å². The summed E-state index contributed by atoms with van der Waals surface area (Å²) in [5, 5.41) is 0. The van der Waals surface area contributed by atoms with E-state index in [1.807, 2.05) is 10.6 Å². The van der Waals surface area contributed by atoms with E-state index in [4.69, 9.17) is 10.5 Å². The molecule has 5 heteroatoms. The van der Waals surface area contributed by atoms with Gasteiger partial charge in [-0.1, -0.05) is 13.8 Å². The van der Waals surface area contributed by atoms with Crippen molar-refractivity contribution in [3.8, 4) is 5.88 Å². The van der Waals surface area contributed by atoms with Gasteiger partial charge in [0.05, 0.1) is 7.11 Å². The lowest BCUT2D eigenvalue weighted by molar-refractivity contribution is 0.397. The molecule has 104 valence electrons. The number of fused-ring (bicyclic) bond motifs is 1. The van der Waals surface area contributed by atoms with Gasteiger partial charge in [-0.2, -0.15) is 4.98 Å². The molecule has 2 rings (SSSR count). The normalized spacial score (nSPS) is 13.1. The second-order valence-corrected chi connectivity index (χ2v) is 5.36. The zero-order valence-electron chi connectivity index (χ0n) is 12.1. The molecule has 19 heavy (non-hydrogen) atoms. The Labute approximate surface area is 113 Å². The molecule has 0 bridgehead atoms. The second-order valence-electron chi connectivity index (χ2n) is 5.36. The number of ether oxygens (including phenoxy) is 1. The Kier molecular flexibility index (Phi) is 3.93. The van der Waals surface area contributed by atoms with Crippen LogP contribution in [0.3, 0.4) is 0 Å². The van der Waals surface area contributed by atoms with Gasteiger partial charge in [-0.15, -0.1) is 0 Å². The maximum atomic E-state index is 6.02. The maximum absolute atomic E-state index is 6.02. The molecule has 0 aromatic carbocycles. The summed E-state index contributed by atoms with van der Waals surface area (Å²) in [4.78, 5) is 8.82. The van der Waals surface area contributed by atoms with Gasteiger partial charge in [0.15, 0.2) is 5.65 Å². The highest BCUT2D eigenvalue weighted by Crippen LogP contribution is 2.26. The number of hydrogen-bond acceptors (Lipinski definition) is 4. The predicted octanol–water partition coefficient (Wildman–Crippen LogP) is 3.02. The molecule has 2 aromatic rings. The molecule has 0 radical (unpaired) electrons. The van der Waals surface area contributed by atoms with E-state index >= 15 is 0 Å². The summed E-state index contributed by atoms with van der Waals surface area (Å²) in [7, 11) is 1.61. The molecular formula is C14H22N4O. The van der Waals surface area contributed by atoms with Gasteiger partial charge in [0, 0.05) is 12.1 Å². The van der Waals surface area contributed by atoms with Gasteiger partial charge < -0.3 is 10.5 Å². The van der Waals surface area contributed by atoms with Gasteiger partial charge in [0.1, 0.15) is 5.52 Å². The summed E-state index contributed by atoms with van der Waals surface area (Å²) in [6.07, 6.45) is 2.22. The Morgan fingerprint density at radius 2 is 1.95 bits per heavy atom. The molecule has 1 unspecified atom stereocenters. The number of imidazole rings is 1. The summed E-state index contributed by atoms with van der Waals surface area (Å²) in [6.45, 7) is 6.60. The third-order valence-electron chi connectivity index (χ3n) is 3.35. The van der Waals surface area contributed by atoms with E-state index in [1.54, 1.807) is 13.2 Å². The molecule has 2 heterocycles. The fourth-order valence-corrected chi connectivity index (χ4v) is 2.23. The van der Waals surface area contributed by atoms with Crippen LogP contribution in [0.25, 0.3) is 11.2 Å². The number of aromatic nitrogens is 3. The maximum Gasteiger partial charge on any atom is 0.215 e. The highest BCUT2D eigenvalue weighted by molar-refractivity contribution is 5.75. The molecule has 0 aliphatic heterocycles. The predicted molar refractivity (Wildman–Crippen MR) is 77.3 cm³/mol. The Bertz CT molecular complexity index is 562. The summed E-state index contributed by atoms with van der Waals surface area (Å²) >= 11 is 0. The fraction of sp³-hybridized carbons (Fsp3) is 0.571. The first-order valence-corrected chi connectivity index (χ1v) is 6.71. The summed E-state index contributed by atoms with van der Waals surface area (Å²) in [6, 6.07) is 3.98. The van der Waals surface area contributed by atoms with E-state index in [1.165, 1.54) is 0 Å². The number of rotatable bonds is 5. The van der Waals surface area contributed by atoms with Crippen LogP contribution >= 0.6 is 0 Å². The fourth-order valence-electron chi connectivity index (χ4n) is 2.23. The molecule has 0 saturated carbocycles. The second kappa shape index (κ2) is 5.47. The number of pyridine rings is 1. The van der Waals surface area contributed by atoms with Crippen molar-refractivity contribution < 1.29 is 4.74 Å². The standard InChI is InChI=1S/C14H22N4O/c1-9(2)5-6-10(3)18-13-11(16-14(18)15)7-8-12(17-13)19-4/h7-10H,5-6H2,1-4H3,(H2,15,16). The van der Waals surface area contributed by atoms with E-state index in [0.29, 0.717) is 17.7 Å². The molecular weight excluding hydrogens is 240 g/mol. The quantitative estimate of drug-likeness (QED) is 0.899. The van der Waals surface area contributed by atoms with Gasteiger partial charge in [0.25, 0.3) is 0 Å². The van der Waals surface area contributed by atoms with Crippen molar-refractivity contribution in [3.05, 3.63) is 12.1 Å². The van der Waals surface area contributed by atoms with Crippen molar-refractivity contribution in [2.75, 3.05) is 12.8 Å². The molecule has 2 aromatic heterocycles. The number of hydrogen-bond donors (Lipinski definition) is 1. The number of anilines is 1. The third-order valence-corrected chi connectivity index (χ3v) is 3.35. The molecule has 0 saturated heterocycles. The van der Waals surface area contributed by atoms with E-state index in [2.05, 4.69) is 30.7 Å². The van der Waals surface area contributed by atoms with Crippen molar-refractivity contribution in [2.24, 2.45) is 5.92 Å². The van der Waals surface area contributed by atoms with Crippen LogP contribution in [-0.2, 0) is 0 Å². The van der Waals surface area contributed by atoms with Gasteiger partial charge in [-0.25, -0.2) is 4.98 Å². The average Bonchev–Trinajstić information content (AvgIpc) is 2.70. The van der Waals surface area contributed by atoms with Crippen molar-refractivity contribution >= 4 is 17.1 Å². The minimum Gasteiger partial charge on any atom is -0.481 e. The Morgan fingerprint density at radius 1 is 1.21 bits per heavy atom. The number of methoxy groups -OCH3 is 1. The smallest absolute Gasteiger partial charge is 0.215 e. The minimum absolute atomic E-state index is 0.284. The lowest BCUT2D eigenvalue weighted by Gasteiger charge is -2.16. The largest absolute Gasteiger partial charge is 0.481 e. The average molecular weight is 262 g/mol. The van der Waals surface area contributed by atoms with Crippen LogP contribution in [-0.4, -0.2) is 21.6 Å². The Morgan fingerprint density at radius 3 is 2.58 bits per heavy atom. The number of nitrogens with zero attached hydrogens (tertiary/aromatic N) is 3. The topological polar surface area (TPSA) is 66.0 Å². The summed E-state index contributed by atoms with van der Waals surface area (Å²) in [5.41, 5.74) is 7.64. The van der Waals surface area contributed by atoms with Gasteiger partial charge in [-0.3, -0.25) is 4.57 Å².